The quantitative estimate of drug-likeness (QED) is 0.529. The van der Waals surface area contributed by atoms with Crippen LogP contribution in [0.1, 0.15) is 0 Å². The monoisotopic (exact) mass is 338 g/mol. The van der Waals surface area contributed by atoms with Gasteiger partial charge in [0.05, 0.1) is 0 Å². The molecule has 1 aliphatic rings. The molecule has 0 fully saturated rings. The van der Waals surface area contributed by atoms with E-state index in [1.165, 1.54) is 0 Å². The van der Waals surface area contributed by atoms with Gasteiger partial charge in [-0.05, 0) is 10.8 Å². The third-order valence-corrected chi connectivity index (χ3v) is 12.1. The van der Waals surface area contributed by atoms with Gasteiger partial charge in [0.25, 0.3) is 0 Å². The van der Waals surface area contributed by atoms with E-state index in [1.807, 2.05) is 36.4 Å². The van der Waals surface area contributed by atoms with Crippen LogP contribution in [-0.4, -0.2) is 13.9 Å². The summed E-state index contributed by atoms with van der Waals surface area (Å²) in [4.78, 5) is 0. The lowest BCUT2D eigenvalue weighted by molar-refractivity contribution is 0.629. The van der Waals surface area contributed by atoms with Crippen LogP contribution in [0.4, 0.5) is 0 Å². The molecule has 0 bridgehead atoms. The van der Waals surface area contributed by atoms with Crippen LogP contribution in [0.5, 0.6) is 0 Å². The Morgan fingerprint density at radius 3 is 1.71 bits per heavy atom. The molecule has 2 aromatic rings. The average molecular weight is 340 g/mol. The van der Waals surface area contributed by atoms with Crippen LogP contribution in [0.25, 0.3) is 10.8 Å². The molecule has 1 heterocycles. The van der Waals surface area contributed by atoms with E-state index in [9.17, 15) is 0 Å². The smallest absolute Gasteiger partial charge is 0.404 e. The van der Waals surface area contributed by atoms with Gasteiger partial charge >= 0.3 is 13.9 Å². The first-order chi connectivity index (χ1) is 7.92. The summed E-state index contributed by atoms with van der Waals surface area (Å²) in [5, 5.41) is 3.67. The first-order valence-electron chi connectivity index (χ1n) is 4.90. The molecule has 0 unspecified atom stereocenters. The van der Waals surface area contributed by atoms with Crippen LogP contribution in [0.3, 0.4) is 0 Å². The van der Waals surface area contributed by atoms with Crippen molar-refractivity contribution in [2.24, 2.45) is 0 Å². The zero-order valence-electron chi connectivity index (χ0n) is 8.38. The predicted octanol–water partition coefficient (Wildman–Crippen LogP) is 3.12. The van der Waals surface area contributed by atoms with Crippen molar-refractivity contribution < 1.29 is 4.12 Å². The molecule has 0 radical (unpaired) electrons. The van der Waals surface area contributed by atoms with Crippen molar-refractivity contribution >= 4 is 79.3 Å². The van der Waals surface area contributed by atoms with Gasteiger partial charge in [-0.3, -0.25) is 0 Å². The van der Waals surface area contributed by atoms with Gasteiger partial charge in [-0.15, -0.1) is 44.3 Å². The van der Waals surface area contributed by atoms with Gasteiger partial charge < -0.3 is 4.12 Å². The van der Waals surface area contributed by atoms with Crippen LogP contribution in [0.15, 0.2) is 36.4 Å². The summed E-state index contributed by atoms with van der Waals surface area (Å²) in [6.45, 7) is -6.07. The standard InChI is InChI=1S/C10H6Cl4OSi2/c11-16(12)8-5-1-3-7-4-2-6-9(10(7)8)17(13,14)15-16/h1-6H. The highest BCUT2D eigenvalue weighted by Gasteiger charge is 2.51. The summed E-state index contributed by atoms with van der Waals surface area (Å²) in [5.41, 5.74) is 0. The first kappa shape index (κ1) is 12.3. The van der Waals surface area contributed by atoms with Crippen molar-refractivity contribution in [2.75, 3.05) is 0 Å². The Kier molecular flexibility index (Phi) is 2.80. The molecule has 0 aromatic heterocycles. The molecule has 0 N–H and O–H groups in total. The number of rotatable bonds is 0. The zero-order valence-corrected chi connectivity index (χ0v) is 13.4. The fourth-order valence-corrected chi connectivity index (χ4v) is 13.6. The average Bonchev–Trinajstić information content (AvgIpc) is 2.24. The van der Waals surface area contributed by atoms with Crippen LogP contribution in [0, 0.1) is 0 Å². The molecule has 1 aliphatic heterocycles. The highest BCUT2D eigenvalue weighted by Crippen LogP contribution is 2.34. The molecule has 17 heavy (non-hydrogen) atoms. The molecular formula is C10H6Cl4OSi2. The van der Waals surface area contributed by atoms with Gasteiger partial charge in [0.1, 0.15) is 0 Å². The van der Waals surface area contributed by atoms with Crippen LogP contribution in [0.2, 0.25) is 0 Å². The Morgan fingerprint density at radius 1 is 0.765 bits per heavy atom. The number of hydrogen-bond acceptors (Lipinski definition) is 1. The summed E-state index contributed by atoms with van der Waals surface area (Å²) >= 11 is 25.2. The molecule has 0 spiro atoms. The molecule has 0 aliphatic carbocycles. The Hall–Kier alpha value is 0.254. The van der Waals surface area contributed by atoms with E-state index >= 15 is 0 Å². The molecule has 3 rings (SSSR count). The number of hydrogen-bond donors (Lipinski definition) is 0. The second-order valence-corrected chi connectivity index (χ2v) is 15.4. The molecule has 1 nitrogen and oxygen atoms in total. The Labute approximate surface area is 119 Å². The number of halogens is 4. The zero-order chi connectivity index (χ0) is 12.3. The topological polar surface area (TPSA) is 9.23 Å². The maximum atomic E-state index is 6.30. The van der Waals surface area contributed by atoms with Crippen molar-refractivity contribution in [3.8, 4) is 0 Å². The minimum Gasteiger partial charge on any atom is -0.404 e. The molecule has 2 aromatic carbocycles. The van der Waals surface area contributed by atoms with E-state index in [4.69, 9.17) is 48.4 Å². The van der Waals surface area contributed by atoms with E-state index in [0.717, 1.165) is 21.1 Å². The highest BCUT2D eigenvalue weighted by molar-refractivity contribution is 7.58. The Balaban J connectivity index is 2.50. The van der Waals surface area contributed by atoms with Crippen molar-refractivity contribution in [2.45, 2.75) is 0 Å². The second-order valence-electron chi connectivity index (χ2n) is 3.84. The lowest BCUT2D eigenvalue weighted by atomic mass is 10.1. The van der Waals surface area contributed by atoms with E-state index in [0.29, 0.717) is 0 Å². The van der Waals surface area contributed by atoms with Gasteiger partial charge in [-0.25, -0.2) is 0 Å². The number of benzene rings is 2. The summed E-state index contributed by atoms with van der Waals surface area (Å²) in [7, 11) is 0. The molecule has 0 amide bonds. The lowest BCUT2D eigenvalue weighted by Crippen LogP contribution is -2.59. The molecular weight excluding hydrogens is 334 g/mol. The highest BCUT2D eigenvalue weighted by atomic mass is 35.7. The van der Waals surface area contributed by atoms with Gasteiger partial charge in [0.15, 0.2) is 0 Å². The van der Waals surface area contributed by atoms with Crippen molar-refractivity contribution in [1.82, 2.24) is 0 Å². The van der Waals surface area contributed by atoms with Crippen molar-refractivity contribution in [3.05, 3.63) is 36.4 Å². The van der Waals surface area contributed by atoms with Gasteiger partial charge in [0.2, 0.25) is 0 Å². The van der Waals surface area contributed by atoms with Gasteiger partial charge in [-0.1, -0.05) is 36.4 Å². The summed E-state index contributed by atoms with van der Waals surface area (Å²) in [5.74, 6) is 0. The molecule has 0 saturated carbocycles. The molecule has 88 valence electrons. The van der Waals surface area contributed by atoms with Gasteiger partial charge in [-0.2, -0.15) is 0 Å². The van der Waals surface area contributed by atoms with Crippen LogP contribution >= 0.6 is 44.3 Å². The SMILES string of the molecule is Cl[Si]1(Cl)O[Si](Cl)(Cl)c2cccc3cccc1c23. The maximum absolute atomic E-state index is 6.30. The molecule has 7 heteroatoms. The minimum atomic E-state index is -3.03. The normalized spacial score (nSPS) is 20.5. The first-order valence-corrected chi connectivity index (χ1v) is 12.8. The lowest BCUT2D eigenvalue weighted by Gasteiger charge is -2.33. The summed E-state index contributed by atoms with van der Waals surface area (Å²) in [6.07, 6.45) is 0. The fraction of sp³-hybridized carbons (Fsp3) is 0. The van der Waals surface area contributed by atoms with E-state index in [-0.39, 0.29) is 0 Å². The Morgan fingerprint density at radius 2 is 1.24 bits per heavy atom. The third kappa shape index (κ3) is 1.85. The summed E-state index contributed by atoms with van der Waals surface area (Å²) in [6, 6.07) is 11.6. The van der Waals surface area contributed by atoms with Crippen molar-refractivity contribution in [3.63, 3.8) is 0 Å². The predicted molar refractivity (Wildman–Crippen MR) is 79.2 cm³/mol. The largest absolute Gasteiger partial charge is 0.415 e. The molecule has 0 saturated heterocycles. The third-order valence-electron chi connectivity index (χ3n) is 2.79. The fourth-order valence-electron chi connectivity index (χ4n) is 2.10. The van der Waals surface area contributed by atoms with E-state index in [1.54, 1.807) is 0 Å². The van der Waals surface area contributed by atoms with Crippen LogP contribution < -0.4 is 10.4 Å². The second kappa shape index (κ2) is 3.87. The van der Waals surface area contributed by atoms with Gasteiger partial charge in [0, 0.05) is 10.4 Å². The Bertz CT molecular complexity index is 566. The maximum Gasteiger partial charge on any atom is 0.415 e. The van der Waals surface area contributed by atoms with Crippen LogP contribution in [-0.2, 0) is 4.12 Å². The van der Waals surface area contributed by atoms with Crippen molar-refractivity contribution in [1.29, 1.82) is 0 Å². The van der Waals surface area contributed by atoms with E-state index < -0.39 is 13.9 Å². The molecule has 0 atom stereocenters. The van der Waals surface area contributed by atoms with E-state index in [2.05, 4.69) is 0 Å². The minimum absolute atomic E-state index is 0.832. The summed E-state index contributed by atoms with van der Waals surface area (Å²) < 4.78 is 5.62.